The Hall–Kier alpha value is -0.480. The minimum atomic E-state index is 0.328. The molecule has 2 rings (SSSR count). The molecular weight excluding hydrogens is 278 g/mol. The minimum Gasteiger partial charge on any atom is -0.368 e. The monoisotopic (exact) mass is 299 g/mol. The average molecular weight is 300 g/mol. The van der Waals surface area contributed by atoms with E-state index < -0.39 is 0 Å². The van der Waals surface area contributed by atoms with Crippen LogP contribution < -0.4 is 5.32 Å². The van der Waals surface area contributed by atoms with Gasteiger partial charge in [-0.3, -0.25) is 0 Å². The molecule has 1 aliphatic rings. The molecule has 1 aliphatic heterocycles. The van der Waals surface area contributed by atoms with Gasteiger partial charge in [0.05, 0.1) is 0 Å². The predicted octanol–water partition coefficient (Wildman–Crippen LogP) is 4.09. The molecule has 0 aliphatic carbocycles. The van der Waals surface area contributed by atoms with Crippen molar-refractivity contribution in [2.75, 3.05) is 17.6 Å². The highest BCUT2D eigenvalue weighted by Gasteiger charge is 2.29. The van der Waals surface area contributed by atoms with Gasteiger partial charge in [0.25, 0.3) is 0 Å². The molecule has 0 saturated carbocycles. The first-order chi connectivity index (χ1) is 9.04. The molecule has 0 amide bonds. The molecule has 1 unspecified atom stereocenters. The summed E-state index contributed by atoms with van der Waals surface area (Å²) in [4.78, 5) is 8.93. The van der Waals surface area contributed by atoms with Crippen LogP contribution in [0.3, 0.4) is 0 Å². The number of anilines is 1. The zero-order chi connectivity index (χ0) is 13.9. The van der Waals surface area contributed by atoms with Gasteiger partial charge in [-0.15, -0.1) is 0 Å². The number of hydrogen-bond acceptors (Lipinski definition) is 4. The van der Waals surface area contributed by atoms with E-state index in [2.05, 4.69) is 29.1 Å². The van der Waals surface area contributed by atoms with Crippen LogP contribution in [0.4, 0.5) is 5.82 Å². The van der Waals surface area contributed by atoms with Crippen LogP contribution in [0.25, 0.3) is 0 Å². The molecule has 0 aromatic carbocycles. The smallest absolute Gasteiger partial charge is 0.137 e. The lowest BCUT2D eigenvalue weighted by atomic mass is 10.1. The summed E-state index contributed by atoms with van der Waals surface area (Å²) >= 11 is 8.24. The first-order valence-electron chi connectivity index (χ1n) is 6.95. The summed E-state index contributed by atoms with van der Waals surface area (Å²) in [5.41, 5.74) is 0.952. The number of hydrogen-bond donors (Lipinski definition) is 1. The van der Waals surface area contributed by atoms with Gasteiger partial charge in [-0.2, -0.15) is 11.8 Å². The van der Waals surface area contributed by atoms with Crippen molar-refractivity contribution in [3.05, 3.63) is 16.5 Å². The van der Waals surface area contributed by atoms with Crippen LogP contribution in [0.5, 0.6) is 0 Å². The number of nitrogens with zero attached hydrogens (tertiary/aromatic N) is 2. The quantitative estimate of drug-likeness (QED) is 0.831. The zero-order valence-electron chi connectivity index (χ0n) is 11.9. The van der Waals surface area contributed by atoms with Crippen molar-refractivity contribution in [1.29, 1.82) is 0 Å². The lowest BCUT2D eigenvalue weighted by molar-refractivity contribution is 0.633. The molecule has 106 valence electrons. The first kappa shape index (κ1) is 14.9. The maximum absolute atomic E-state index is 6.19. The molecule has 19 heavy (non-hydrogen) atoms. The van der Waals surface area contributed by atoms with Crippen molar-refractivity contribution in [3.8, 4) is 0 Å². The van der Waals surface area contributed by atoms with Crippen LogP contribution in [-0.4, -0.2) is 27.0 Å². The highest BCUT2D eigenvalue weighted by atomic mass is 35.5. The molecule has 1 N–H and O–H groups in total. The molecule has 1 fully saturated rings. The van der Waals surface area contributed by atoms with Crippen LogP contribution in [0.1, 0.15) is 44.5 Å². The van der Waals surface area contributed by atoms with E-state index in [-0.39, 0.29) is 0 Å². The van der Waals surface area contributed by atoms with E-state index in [9.17, 15) is 0 Å². The molecule has 1 aromatic heterocycles. The third kappa shape index (κ3) is 3.76. The highest BCUT2D eigenvalue weighted by Crippen LogP contribution is 2.37. The summed E-state index contributed by atoms with van der Waals surface area (Å²) in [7, 11) is 0. The number of thioether (sulfide) groups is 1. The maximum atomic E-state index is 6.19. The summed E-state index contributed by atoms with van der Waals surface area (Å²) in [5, 5.41) is 4.05. The Morgan fingerprint density at radius 3 is 2.84 bits per heavy atom. The first-order valence-corrected chi connectivity index (χ1v) is 8.31. The van der Waals surface area contributed by atoms with Crippen molar-refractivity contribution in [2.45, 2.75) is 51.2 Å². The molecule has 0 bridgehead atoms. The third-order valence-electron chi connectivity index (χ3n) is 3.54. The third-order valence-corrected chi connectivity index (χ3v) is 5.44. The van der Waals surface area contributed by atoms with Gasteiger partial charge in [0, 0.05) is 23.3 Å². The van der Waals surface area contributed by atoms with Crippen LogP contribution in [0, 0.1) is 6.92 Å². The van der Waals surface area contributed by atoms with Gasteiger partial charge in [-0.25, -0.2) is 9.97 Å². The summed E-state index contributed by atoms with van der Waals surface area (Å²) in [6, 6.07) is 0. The summed E-state index contributed by atoms with van der Waals surface area (Å²) < 4.78 is 0.328. The Kier molecular flexibility index (Phi) is 4.96. The van der Waals surface area contributed by atoms with Gasteiger partial charge >= 0.3 is 0 Å². The van der Waals surface area contributed by atoms with E-state index >= 15 is 0 Å². The summed E-state index contributed by atoms with van der Waals surface area (Å²) in [6.07, 6.45) is 4.49. The maximum Gasteiger partial charge on any atom is 0.137 e. The number of nitrogens with one attached hydrogen (secondary N) is 1. The zero-order valence-corrected chi connectivity index (χ0v) is 13.5. The SMILES string of the molecule is CCCc1nc(Cl)c(C)c(NCC2(C)CCCS2)n1. The lowest BCUT2D eigenvalue weighted by Crippen LogP contribution is -2.27. The van der Waals surface area contributed by atoms with E-state index in [1.165, 1.54) is 18.6 Å². The molecule has 3 nitrogen and oxygen atoms in total. The van der Waals surface area contributed by atoms with E-state index in [4.69, 9.17) is 11.6 Å². The van der Waals surface area contributed by atoms with Gasteiger partial charge in [0.2, 0.25) is 0 Å². The average Bonchev–Trinajstić information content (AvgIpc) is 2.80. The second-order valence-electron chi connectivity index (χ2n) is 5.41. The summed E-state index contributed by atoms with van der Waals surface area (Å²) in [6.45, 7) is 7.37. The van der Waals surface area contributed by atoms with Crippen LogP contribution >= 0.6 is 23.4 Å². The molecule has 2 heterocycles. The molecule has 0 spiro atoms. The van der Waals surface area contributed by atoms with Gasteiger partial charge in [0.15, 0.2) is 0 Å². The topological polar surface area (TPSA) is 37.8 Å². The minimum absolute atomic E-state index is 0.328. The van der Waals surface area contributed by atoms with Gasteiger partial charge in [0.1, 0.15) is 16.8 Å². The van der Waals surface area contributed by atoms with Crippen molar-refractivity contribution < 1.29 is 0 Å². The Bertz CT molecular complexity index is 445. The van der Waals surface area contributed by atoms with Gasteiger partial charge < -0.3 is 5.32 Å². The predicted molar refractivity (Wildman–Crippen MR) is 84.4 cm³/mol. The fraction of sp³-hybridized carbons (Fsp3) is 0.714. The lowest BCUT2D eigenvalue weighted by Gasteiger charge is -2.24. The van der Waals surface area contributed by atoms with Gasteiger partial charge in [-0.1, -0.05) is 18.5 Å². The second kappa shape index (κ2) is 6.31. The molecule has 1 atom stereocenters. The Morgan fingerprint density at radius 2 is 2.21 bits per heavy atom. The van der Waals surface area contributed by atoms with Crippen molar-refractivity contribution in [3.63, 3.8) is 0 Å². The van der Waals surface area contributed by atoms with E-state index in [0.29, 0.717) is 9.90 Å². The standard InChI is InChI=1S/C14H22ClN3S/c1-4-6-11-17-12(15)10(2)13(18-11)16-9-14(3)7-5-8-19-14/h4-9H2,1-3H3,(H,16,17,18). The van der Waals surface area contributed by atoms with Crippen LogP contribution in [0.2, 0.25) is 5.15 Å². The number of rotatable bonds is 5. The van der Waals surface area contributed by atoms with Crippen molar-refractivity contribution in [2.24, 2.45) is 0 Å². The van der Waals surface area contributed by atoms with E-state index in [0.717, 1.165) is 36.6 Å². The molecule has 5 heteroatoms. The molecule has 1 saturated heterocycles. The number of aromatic nitrogens is 2. The Morgan fingerprint density at radius 1 is 1.42 bits per heavy atom. The van der Waals surface area contributed by atoms with Crippen molar-refractivity contribution in [1.82, 2.24) is 9.97 Å². The summed E-state index contributed by atoms with van der Waals surface area (Å²) in [5.74, 6) is 3.00. The number of aryl methyl sites for hydroxylation is 1. The molecule has 0 radical (unpaired) electrons. The normalized spacial score (nSPS) is 22.7. The Labute approximate surface area is 124 Å². The van der Waals surface area contributed by atoms with E-state index in [1.54, 1.807) is 0 Å². The Balaban J connectivity index is 2.10. The van der Waals surface area contributed by atoms with Crippen LogP contribution in [0.15, 0.2) is 0 Å². The van der Waals surface area contributed by atoms with Gasteiger partial charge in [-0.05, 0) is 38.9 Å². The number of halogens is 1. The highest BCUT2D eigenvalue weighted by molar-refractivity contribution is 8.00. The van der Waals surface area contributed by atoms with Crippen molar-refractivity contribution >= 4 is 29.2 Å². The fourth-order valence-corrected chi connectivity index (χ4v) is 3.72. The molecular formula is C14H22ClN3S. The largest absolute Gasteiger partial charge is 0.368 e. The second-order valence-corrected chi connectivity index (χ2v) is 7.45. The van der Waals surface area contributed by atoms with E-state index in [1.807, 2.05) is 18.7 Å². The van der Waals surface area contributed by atoms with Crippen LogP contribution in [-0.2, 0) is 6.42 Å². The fourth-order valence-electron chi connectivity index (χ4n) is 2.29. The molecule has 1 aromatic rings.